The molecule has 7 nitrogen and oxygen atoms in total. The van der Waals surface area contributed by atoms with Crippen molar-refractivity contribution in [2.24, 2.45) is 5.73 Å². The molecular formula is C20H22F2N4O3. The Bertz CT molecular complexity index is 918. The largest absolute Gasteiger partial charge is 0.383 e. The number of benzene rings is 1. The van der Waals surface area contributed by atoms with Crippen LogP contribution in [0, 0.1) is 6.92 Å². The van der Waals surface area contributed by atoms with Crippen LogP contribution in [-0.4, -0.2) is 46.8 Å². The summed E-state index contributed by atoms with van der Waals surface area (Å²) in [4.78, 5) is 28.6. The van der Waals surface area contributed by atoms with Crippen molar-refractivity contribution in [1.82, 2.24) is 9.88 Å². The molecule has 154 valence electrons. The Morgan fingerprint density at radius 3 is 2.66 bits per heavy atom. The summed E-state index contributed by atoms with van der Waals surface area (Å²) in [6.07, 6.45) is -0.238. The number of alkyl halides is 2. The Balaban J connectivity index is 1.64. The lowest BCUT2D eigenvalue weighted by Gasteiger charge is -2.18. The molecule has 2 aromatic rings. The van der Waals surface area contributed by atoms with Crippen molar-refractivity contribution in [2.75, 3.05) is 18.8 Å². The summed E-state index contributed by atoms with van der Waals surface area (Å²) >= 11 is 0. The number of pyridine rings is 1. The van der Waals surface area contributed by atoms with Crippen molar-refractivity contribution < 1.29 is 23.1 Å². The Kier molecular flexibility index (Phi) is 5.78. The summed E-state index contributed by atoms with van der Waals surface area (Å²) in [5.41, 5.74) is 13.1. The van der Waals surface area contributed by atoms with Gasteiger partial charge < -0.3 is 21.1 Å². The highest BCUT2D eigenvalue weighted by molar-refractivity contribution is 5.92. The van der Waals surface area contributed by atoms with Gasteiger partial charge in [0, 0.05) is 11.8 Å². The summed E-state index contributed by atoms with van der Waals surface area (Å²) in [6, 6.07) is 8.70. The number of halogens is 2. The second-order valence-corrected chi connectivity index (χ2v) is 7.13. The maximum absolute atomic E-state index is 14.4. The highest BCUT2D eigenvalue weighted by atomic mass is 19.3. The molecular weight excluding hydrogens is 382 g/mol. The number of nitrogens with zero attached hydrogens (tertiary/aromatic N) is 2. The zero-order valence-corrected chi connectivity index (χ0v) is 15.9. The van der Waals surface area contributed by atoms with E-state index >= 15 is 0 Å². The van der Waals surface area contributed by atoms with Crippen molar-refractivity contribution in [3.63, 3.8) is 0 Å². The van der Waals surface area contributed by atoms with Gasteiger partial charge in [0.1, 0.15) is 11.9 Å². The number of carbonyl (C=O) groups excluding carboxylic acids is 2. The number of hydrogen-bond donors (Lipinski definition) is 2. The quantitative estimate of drug-likeness (QED) is 0.761. The van der Waals surface area contributed by atoms with Crippen molar-refractivity contribution >= 4 is 17.6 Å². The van der Waals surface area contributed by atoms with Crippen LogP contribution in [0.2, 0.25) is 0 Å². The Morgan fingerprint density at radius 2 is 2.00 bits per heavy atom. The van der Waals surface area contributed by atoms with Gasteiger partial charge in [-0.15, -0.1) is 0 Å². The van der Waals surface area contributed by atoms with Crippen molar-refractivity contribution in [1.29, 1.82) is 0 Å². The molecule has 0 bridgehead atoms. The van der Waals surface area contributed by atoms with Gasteiger partial charge in [-0.2, -0.15) is 0 Å². The van der Waals surface area contributed by atoms with Gasteiger partial charge in [-0.1, -0.05) is 29.8 Å². The number of hydrogen-bond acceptors (Lipinski definition) is 5. The molecule has 3 rings (SSSR count). The van der Waals surface area contributed by atoms with E-state index in [0.29, 0.717) is 0 Å². The predicted octanol–water partition coefficient (Wildman–Crippen LogP) is 1.68. The van der Waals surface area contributed by atoms with Crippen LogP contribution in [0.1, 0.15) is 27.0 Å². The Labute approximate surface area is 166 Å². The molecule has 0 saturated carbocycles. The van der Waals surface area contributed by atoms with Gasteiger partial charge in [0.2, 0.25) is 11.8 Å². The van der Waals surface area contributed by atoms with E-state index < -0.39 is 30.4 Å². The lowest BCUT2D eigenvalue weighted by molar-refractivity contribution is -0.131. The molecule has 29 heavy (non-hydrogen) atoms. The number of likely N-dealkylation sites (tertiary alicyclic amines) is 1. The van der Waals surface area contributed by atoms with E-state index in [1.54, 1.807) is 12.1 Å². The van der Waals surface area contributed by atoms with E-state index in [9.17, 15) is 18.4 Å². The summed E-state index contributed by atoms with van der Waals surface area (Å²) in [5, 5.41) is 0. The van der Waals surface area contributed by atoms with Crippen LogP contribution in [0.4, 0.5) is 14.6 Å². The van der Waals surface area contributed by atoms with E-state index in [1.807, 2.05) is 19.1 Å². The fourth-order valence-corrected chi connectivity index (χ4v) is 3.07. The maximum Gasteiger partial charge on any atom is 0.292 e. The summed E-state index contributed by atoms with van der Waals surface area (Å²) < 4.78 is 34.1. The van der Waals surface area contributed by atoms with Crippen LogP contribution in [0.3, 0.4) is 0 Å². The Hall–Kier alpha value is -3.07. The number of carbonyl (C=O) groups is 2. The number of aryl methyl sites for hydroxylation is 1. The van der Waals surface area contributed by atoms with E-state index in [0.717, 1.165) is 16.0 Å². The zero-order chi connectivity index (χ0) is 21.2. The van der Waals surface area contributed by atoms with Crippen LogP contribution in [-0.2, 0) is 22.6 Å². The van der Waals surface area contributed by atoms with E-state index in [-0.39, 0.29) is 36.5 Å². The average Bonchev–Trinajstić information content (AvgIpc) is 2.97. The minimum Gasteiger partial charge on any atom is -0.383 e. The van der Waals surface area contributed by atoms with Gasteiger partial charge in [0.15, 0.2) is 0 Å². The SMILES string of the molecule is Cc1ccc(CC(=O)N2CC(OCc3cc(C(N)=O)cnc3N)C(F)(F)C2)cc1. The molecule has 4 N–H and O–H groups in total. The molecule has 0 aliphatic carbocycles. The first kappa shape index (κ1) is 20.7. The monoisotopic (exact) mass is 404 g/mol. The molecule has 1 aromatic carbocycles. The molecule has 1 unspecified atom stereocenters. The van der Waals surface area contributed by atoms with Crippen molar-refractivity contribution in [3.05, 3.63) is 58.8 Å². The molecule has 1 aliphatic heterocycles. The summed E-state index contributed by atoms with van der Waals surface area (Å²) in [7, 11) is 0. The fraction of sp³-hybridized carbons (Fsp3) is 0.350. The molecule has 1 aliphatic rings. The minimum absolute atomic E-state index is 0.0423. The predicted molar refractivity (Wildman–Crippen MR) is 102 cm³/mol. The first-order chi connectivity index (χ1) is 13.7. The number of ether oxygens (including phenoxy) is 1. The molecule has 1 aromatic heterocycles. The standard InChI is InChI=1S/C20H22F2N4O3/c1-12-2-4-13(5-3-12)6-17(27)26-9-16(20(21,22)11-26)29-10-15-7-14(19(24)28)8-25-18(15)23/h2-5,7-8,16H,6,9-11H2,1H3,(H2,23,25)(H2,24,28). The van der Waals surface area contributed by atoms with Crippen LogP contribution in [0.15, 0.2) is 36.5 Å². The first-order valence-electron chi connectivity index (χ1n) is 9.02. The van der Waals surface area contributed by atoms with Gasteiger partial charge in [0.25, 0.3) is 5.92 Å². The van der Waals surface area contributed by atoms with Crippen molar-refractivity contribution in [3.8, 4) is 0 Å². The van der Waals surface area contributed by atoms with Crippen LogP contribution < -0.4 is 11.5 Å². The molecule has 1 fully saturated rings. The van der Waals surface area contributed by atoms with Crippen LogP contribution in [0.5, 0.6) is 0 Å². The van der Waals surface area contributed by atoms with Gasteiger partial charge in [0.05, 0.1) is 31.7 Å². The van der Waals surface area contributed by atoms with E-state index in [4.69, 9.17) is 16.2 Å². The lowest BCUT2D eigenvalue weighted by Crippen LogP contribution is -2.34. The second-order valence-electron chi connectivity index (χ2n) is 7.13. The number of nitrogens with two attached hydrogens (primary N) is 2. The third-order valence-corrected chi connectivity index (χ3v) is 4.81. The number of rotatable bonds is 6. The average molecular weight is 404 g/mol. The second kappa shape index (κ2) is 8.12. The molecule has 1 saturated heterocycles. The molecule has 2 heterocycles. The minimum atomic E-state index is -3.20. The fourth-order valence-electron chi connectivity index (χ4n) is 3.07. The normalized spacial score (nSPS) is 18.0. The highest BCUT2D eigenvalue weighted by Gasteiger charge is 2.50. The Morgan fingerprint density at radius 1 is 1.31 bits per heavy atom. The van der Waals surface area contributed by atoms with Gasteiger partial charge in [-0.25, -0.2) is 13.8 Å². The van der Waals surface area contributed by atoms with E-state index in [2.05, 4.69) is 4.98 Å². The zero-order valence-electron chi connectivity index (χ0n) is 15.9. The van der Waals surface area contributed by atoms with Gasteiger partial charge in [-0.05, 0) is 18.6 Å². The van der Waals surface area contributed by atoms with Gasteiger partial charge in [-0.3, -0.25) is 9.59 Å². The maximum atomic E-state index is 14.4. The molecule has 1 atom stereocenters. The summed E-state index contributed by atoms with van der Waals surface area (Å²) in [6.45, 7) is 0.703. The first-order valence-corrected chi connectivity index (χ1v) is 9.02. The number of nitrogen functional groups attached to an aromatic ring is 1. The number of anilines is 1. The number of primary amides is 1. The lowest BCUT2D eigenvalue weighted by atomic mass is 10.1. The third-order valence-electron chi connectivity index (χ3n) is 4.81. The smallest absolute Gasteiger partial charge is 0.292 e. The van der Waals surface area contributed by atoms with Gasteiger partial charge >= 0.3 is 0 Å². The van der Waals surface area contributed by atoms with Crippen LogP contribution >= 0.6 is 0 Å². The molecule has 0 radical (unpaired) electrons. The number of amides is 2. The topological polar surface area (TPSA) is 112 Å². The highest BCUT2D eigenvalue weighted by Crippen LogP contribution is 2.31. The molecule has 9 heteroatoms. The molecule has 0 spiro atoms. The number of aromatic nitrogens is 1. The summed E-state index contributed by atoms with van der Waals surface area (Å²) in [5.74, 6) is -4.25. The third kappa shape index (κ3) is 4.86. The van der Waals surface area contributed by atoms with Crippen molar-refractivity contribution in [2.45, 2.75) is 32.0 Å². The van der Waals surface area contributed by atoms with Crippen LogP contribution in [0.25, 0.3) is 0 Å². The molecule has 2 amide bonds. The van der Waals surface area contributed by atoms with E-state index in [1.165, 1.54) is 12.3 Å².